The number of aromatic nitrogens is 1. The van der Waals surface area contributed by atoms with E-state index in [-0.39, 0.29) is 11.5 Å². The lowest BCUT2D eigenvalue weighted by Gasteiger charge is -2.09. The van der Waals surface area contributed by atoms with E-state index in [0.29, 0.717) is 29.9 Å². The van der Waals surface area contributed by atoms with Crippen molar-refractivity contribution in [1.82, 2.24) is 10.3 Å². The minimum absolute atomic E-state index is 0.259. The molecule has 0 unspecified atom stereocenters. The van der Waals surface area contributed by atoms with Gasteiger partial charge in [-0.3, -0.25) is 9.78 Å². The zero-order chi connectivity index (χ0) is 20.1. The first kappa shape index (κ1) is 18.4. The Bertz CT molecular complexity index is 1190. The number of fused-ring (bicyclic) bond motifs is 1. The molecule has 0 bridgehead atoms. The predicted molar refractivity (Wildman–Crippen MR) is 109 cm³/mol. The van der Waals surface area contributed by atoms with E-state index in [1.807, 2.05) is 36.4 Å². The third kappa shape index (κ3) is 4.50. The van der Waals surface area contributed by atoms with Crippen molar-refractivity contribution in [3.63, 3.8) is 0 Å². The Hall–Kier alpha value is -3.93. The summed E-state index contributed by atoms with van der Waals surface area (Å²) in [6.07, 6.45) is 3.34. The minimum atomic E-state index is -0.593. The maximum absolute atomic E-state index is 12.6. The molecule has 1 N–H and O–H groups in total. The molecule has 0 aliphatic heterocycles. The molecule has 0 fully saturated rings. The highest BCUT2D eigenvalue weighted by Crippen LogP contribution is 2.23. The third-order valence-electron chi connectivity index (χ3n) is 4.38. The normalized spacial score (nSPS) is 10.6. The molecule has 0 aliphatic carbocycles. The number of rotatable bonds is 6. The van der Waals surface area contributed by atoms with Crippen LogP contribution in [0.15, 0.2) is 88.3 Å². The largest absolute Gasteiger partial charge is 0.489 e. The van der Waals surface area contributed by atoms with Gasteiger partial charge in [0.2, 0.25) is 0 Å². The second kappa shape index (κ2) is 8.39. The third-order valence-corrected chi connectivity index (χ3v) is 4.38. The maximum Gasteiger partial charge on any atom is 0.337 e. The number of nitrogens with zero attached hydrogens (tertiary/aromatic N) is 1. The molecule has 29 heavy (non-hydrogen) atoms. The van der Waals surface area contributed by atoms with Crippen LogP contribution in [0, 0.1) is 0 Å². The second-order valence-corrected chi connectivity index (χ2v) is 6.46. The smallest absolute Gasteiger partial charge is 0.337 e. The number of hydrogen-bond acceptors (Lipinski definition) is 5. The minimum Gasteiger partial charge on any atom is -0.489 e. The van der Waals surface area contributed by atoms with Gasteiger partial charge in [-0.2, -0.15) is 0 Å². The highest BCUT2D eigenvalue weighted by Gasteiger charge is 2.14. The Kier molecular flexibility index (Phi) is 5.33. The fourth-order valence-corrected chi connectivity index (χ4v) is 2.94. The maximum atomic E-state index is 12.6. The van der Waals surface area contributed by atoms with Crippen LogP contribution in [0.4, 0.5) is 0 Å². The van der Waals surface area contributed by atoms with Crippen LogP contribution in [-0.4, -0.2) is 10.9 Å². The van der Waals surface area contributed by atoms with Crippen molar-refractivity contribution in [2.45, 2.75) is 13.2 Å². The van der Waals surface area contributed by atoms with Crippen molar-refractivity contribution in [2.75, 3.05) is 0 Å². The first-order chi connectivity index (χ1) is 14.2. The Balaban J connectivity index is 1.55. The molecule has 0 spiro atoms. The summed E-state index contributed by atoms with van der Waals surface area (Å²) in [5, 5.41) is 3.35. The fourth-order valence-electron chi connectivity index (χ4n) is 2.94. The summed E-state index contributed by atoms with van der Waals surface area (Å²) >= 11 is 0. The summed E-state index contributed by atoms with van der Waals surface area (Å²) in [6, 6.07) is 19.7. The zero-order valence-corrected chi connectivity index (χ0v) is 15.5. The van der Waals surface area contributed by atoms with E-state index >= 15 is 0 Å². The molecule has 4 rings (SSSR count). The molecule has 2 heterocycles. The van der Waals surface area contributed by atoms with Crippen LogP contribution in [-0.2, 0) is 13.2 Å². The number of nitrogens with one attached hydrogen (secondary N) is 1. The number of pyridine rings is 1. The summed E-state index contributed by atoms with van der Waals surface area (Å²) in [7, 11) is 0. The summed E-state index contributed by atoms with van der Waals surface area (Å²) in [5.74, 6) is 0.196. The van der Waals surface area contributed by atoms with Crippen molar-refractivity contribution in [1.29, 1.82) is 0 Å². The van der Waals surface area contributed by atoms with Gasteiger partial charge in [0, 0.05) is 36.5 Å². The van der Waals surface area contributed by atoms with Gasteiger partial charge in [-0.1, -0.05) is 36.4 Å². The zero-order valence-electron chi connectivity index (χ0n) is 15.5. The van der Waals surface area contributed by atoms with Crippen molar-refractivity contribution >= 4 is 16.9 Å². The number of amides is 1. The van der Waals surface area contributed by atoms with Crippen molar-refractivity contribution in [3.8, 4) is 5.75 Å². The second-order valence-electron chi connectivity index (χ2n) is 6.46. The molecule has 1 amide bonds. The Labute approximate surface area is 166 Å². The number of benzene rings is 2. The summed E-state index contributed by atoms with van der Waals surface area (Å²) in [6.45, 7) is 0.703. The molecule has 0 saturated heterocycles. The van der Waals surface area contributed by atoms with Gasteiger partial charge in [0.15, 0.2) is 0 Å². The average Bonchev–Trinajstić information content (AvgIpc) is 2.76. The average molecular weight is 386 g/mol. The summed E-state index contributed by atoms with van der Waals surface area (Å²) < 4.78 is 11.1. The SMILES string of the molecule is O=C(NCc1cccnc1)c1cc(=O)oc2cc(OCc3ccccc3)ccc12. The molecule has 0 atom stereocenters. The molecule has 6 nitrogen and oxygen atoms in total. The van der Waals surface area contributed by atoms with E-state index in [1.54, 1.807) is 36.7 Å². The number of hydrogen-bond donors (Lipinski definition) is 1. The van der Waals surface area contributed by atoms with Crippen LogP contribution in [0.1, 0.15) is 21.5 Å². The summed E-state index contributed by atoms with van der Waals surface area (Å²) in [5.41, 5.74) is 1.86. The Morgan fingerprint density at radius 1 is 1.00 bits per heavy atom. The first-order valence-corrected chi connectivity index (χ1v) is 9.11. The van der Waals surface area contributed by atoms with Gasteiger partial charge >= 0.3 is 5.63 Å². The van der Waals surface area contributed by atoms with Gasteiger partial charge in [0.25, 0.3) is 5.91 Å². The van der Waals surface area contributed by atoms with Crippen LogP contribution in [0.3, 0.4) is 0 Å². The number of carbonyl (C=O) groups excluding carboxylic acids is 1. The molecule has 2 aromatic carbocycles. The van der Waals surface area contributed by atoms with E-state index in [1.165, 1.54) is 6.07 Å². The van der Waals surface area contributed by atoms with Crippen LogP contribution >= 0.6 is 0 Å². The predicted octanol–water partition coefficient (Wildman–Crippen LogP) is 3.70. The lowest BCUT2D eigenvalue weighted by molar-refractivity contribution is 0.0952. The van der Waals surface area contributed by atoms with Gasteiger partial charge in [0.1, 0.15) is 17.9 Å². The molecule has 0 aliphatic rings. The first-order valence-electron chi connectivity index (χ1n) is 9.11. The summed E-state index contributed by atoms with van der Waals surface area (Å²) in [4.78, 5) is 28.6. The van der Waals surface area contributed by atoms with E-state index in [4.69, 9.17) is 9.15 Å². The highest BCUT2D eigenvalue weighted by molar-refractivity contribution is 6.05. The molecule has 6 heteroatoms. The molecule has 0 radical (unpaired) electrons. The number of carbonyl (C=O) groups is 1. The molecule has 2 aromatic heterocycles. The van der Waals surface area contributed by atoms with Gasteiger partial charge in [0.05, 0.1) is 5.56 Å². The van der Waals surface area contributed by atoms with Crippen molar-refractivity contribution < 1.29 is 13.9 Å². The molecular weight excluding hydrogens is 368 g/mol. The molecule has 4 aromatic rings. The highest BCUT2D eigenvalue weighted by atomic mass is 16.5. The molecule has 144 valence electrons. The molecular formula is C23H18N2O4. The van der Waals surface area contributed by atoms with Crippen LogP contribution in [0.5, 0.6) is 5.75 Å². The van der Waals surface area contributed by atoms with Crippen molar-refractivity contribution in [3.05, 3.63) is 106 Å². The van der Waals surface area contributed by atoms with Gasteiger partial charge in [-0.05, 0) is 29.3 Å². The van der Waals surface area contributed by atoms with E-state index in [2.05, 4.69) is 10.3 Å². The van der Waals surface area contributed by atoms with Crippen LogP contribution < -0.4 is 15.7 Å². The molecule has 0 saturated carbocycles. The van der Waals surface area contributed by atoms with Crippen LogP contribution in [0.2, 0.25) is 0 Å². The van der Waals surface area contributed by atoms with Gasteiger partial charge < -0.3 is 14.5 Å². The van der Waals surface area contributed by atoms with Gasteiger partial charge in [-0.25, -0.2) is 4.79 Å². The van der Waals surface area contributed by atoms with E-state index in [0.717, 1.165) is 11.1 Å². The Morgan fingerprint density at radius 2 is 1.83 bits per heavy atom. The van der Waals surface area contributed by atoms with Crippen LogP contribution in [0.25, 0.3) is 11.0 Å². The topological polar surface area (TPSA) is 81.4 Å². The monoisotopic (exact) mass is 386 g/mol. The van der Waals surface area contributed by atoms with Gasteiger partial charge in [-0.15, -0.1) is 0 Å². The quantitative estimate of drug-likeness (QED) is 0.511. The van der Waals surface area contributed by atoms with Crippen molar-refractivity contribution in [2.24, 2.45) is 0 Å². The lowest BCUT2D eigenvalue weighted by atomic mass is 10.1. The number of ether oxygens (including phenoxy) is 1. The fraction of sp³-hybridized carbons (Fsp3) is 0.0870. The Morgan fingerprint density at radius 3 is 2.62 bits per heavy atom. The van der Waals surface area contributed by atoms with E-state index in [9.17, 15) is 9.59 Å². The lowest BCUT2D eigenvalue weighted by Crippen LogP contribution is -2.24. The standard InChI is InChI=1S/C23H18N2O4/c26-22-12-20(23(27)25-14-17-7-4-10-24-13-17)19-9-8-18(11-21(19)29-22)28-15-16-5-2-1-3-6-16/h1-13H,14-15H2,(H,25,27). The van der Waals surface area contributed by atoms with E-state index < -0.39 is 5.63 Å².